The van der Waals surface area contributed by atoms with E-state index in [-0.39, 0.29) is 23.8 Å². The van der Waals surface area contributed by atoms with Crippen molar-refractivity contribution in [2.75, 3.05) is 0 Å². The van der Waals surface area contributed by atoms with E-state index in [4.69, 9.17) is 4.42 Å². The number of hydrogen-bond acceptors (Lipinski definition) is 4. The van der Waals surface area contributed by atoms with Gasteiger partial charge in [0.1, 0.15) is 0 Å². The van der Waals surface area contributed by atoms with E-state index >= 15 is 0 Å². The molecule has 4 rings (SSSR count). The van der Waals surface area contributed by atoms with E-state index in [2.05, 4.69) is 9.97 Å². The molecule has 0 aliphatic heterocycles. The van der Waals surface area contributed by atoms with E-state index < -0.39 is 0 Å². The summed E-state index contributed by atoms with van der Waals surface area (Å²) in [6.07, 6.45) is 4.84. The van der Waals surface area contributed by atoms with Gasteiger partial charge in [-0.1, -0.05) is 18.2 Å². The minimum Gasteiger partial charge on any atom is -0.459 e. The van der Waals surface area contributed by atoms with E-state index in [1.807, 2.05) is 43.3 Å². The highest BCUT2D eigenvalue weighted by Gasteiger charge is 2.20. The number of carbonyl (C=O) groups is 1. The topological polar surface area (TPSA) is 79.2 Å². The fraction of sp³-hybridized carbons (Fsp3) is 0.136. The normalized spacial score (nSPS) is 10.9. The van der Waals surface area contributed by atoms with E-state index in [1.165, 1.54) is 6.26 Å². The van der Waals surface area contributed by atoms with E-state index in [1.54, 1.807) is 29.4 Å². The van der Waals surface area contributed by atoms with Gasteiger partial charge in [-0.15, -0.1) is 0 Å². The summed E-state index contributed by atoms with van der Waals surface area (Å²) >= 11 is 0. The number of furan rings is 1. The Kier molecular flexibility index (Phi) is 4.76. The quantitative estimate of drug-likeness (QED) is 0.579. The van der Waals surface area contributed by atoms with Crippen molar-refractivity contribution in [2.45, 2.75) is 20.0 Å². The van der Waals surface area contributed by atoms with Crippen LogP contribution in [0.5, 0.6) is 0 Å². The maximum Gasteiger partial charge on any atom is 0.290 e. The van der Waals surface area contributed by atoms with Crippen molar-refractivity contribution in [3.05, 3.63) is 100.0 Å². The van der Waals surface area contributed by atoms with Gasteiger partial charge in [-0.3, -0.25) is 14.6 Å². The number of rotatable bonds is 5. The smallest absolute Gasteiger partial charge is 0.290 e. The lowest BCUT2D eigenvalue weighted by Crippen LogP contribution is -2.32. The number of fused-ring (bicyclic) bond motifs is 1. The summed E-state index contributed by atoms with van der Waals surface area (Å²) in [6.45, 7) is 2.45. The van der Waals surface area contributed by atoms with Gasteiger partial charge in [-0.25, -0.2) is 0 Å². The number of amides is 1. The van der Waals surface area contributed by atoms with Gasteiger partial charge >= 0.3 is 0 Å². The van der Waals surface area contributed by atoms with Gasteiger partial charge in [0.15, 0.2) is 5.76 Å². The molecule has 0 saturated heterocycles. The first kappa shape index (κ1) is 17.7. The standard InChI is InChI=1S/C22H19N3O3/c1-15-6-7-17-11-18(21(26)24-19(17)10-15)14-25(13-16-4-2-8-23-12-16)22(27)20-5-3-9-28-20/h2-12H,13-14H2,1H3,(H,24,26). The summed E-state index contributed by atoms with van der Waals surface area (Å²) in [5, 5.41) is 0.923. The molecule has 6 heteroatoms. The molecule has 0 saturated carbocycles. The van der Waals surface area contributed by atoms with E-state index in [0.717, 1.165) is 22.0 Å². The molecule has 28 heavy (non-hydrogen) atoms. The molecule has 0 radical (unpaired) electrons. The van der Waals surface area contributed by atoms with Crippen LogP contribution in [0.2, 0.25) is 0 Å². The molecule has 3 aromatic heterocycles. The van der Waals surface area contributed by atoms with Crippen LogP contribution in [0.15, 0.2) is 76.4 Å². The molecule has 1 amide bonds. The number of aryl methyl sites for hydroxylation is 1. The Balaban J connectivity index is 1.69. The van der Waals surface area contributed by atoms with Gasteiger partial charge < -0.3 is 14.3 Å². The van der Waals surface area contributed by atoms with Crippen LogP contribution in [0.4, 0.5) is 0 Å². The molecule has 3 heterocycles. The number of nitrogens with one attached hydrogen (secondary N) is 1. The number of nitrogens with zero attached hydrogens (tertiary/aromatic N) is 2. The Hall–Kier alpha value is -3.67. The Bertz CT molecular complexity index is 1160. The first-order valence-electron chi connectivity index (χ1n) is 8.94. The lowest BCUT2D eigenvalue weighted by atomic mass is 10.1. The number of aromatic nitrogens is 2. The summed E-state index contributed by atoms with van der Waals surface area (Å²) < 4.78 is 5.27. The molecular weight excluding hydrogens is 354 g/mol. The number of aromatic amines is 1. The maximum absolute atomic E-state index is 12.9. The molecular formula is C22H19N3O3. The van der Waals surface area contributed by atoms with Crippen molar-refractivity contribution in [2.24, 2.45) is 0 Å². The SMILES string of the molecule is Cc1ccc2cc(CN(Cc3cccnc3)C(=O)c3ccco3)c(=O)[nH]c2c1. The summed E-state index contributed by atoms with van der Waals surface area (Å²) in [4.78, 5) is 34.1. The highest BCUT2D eigenvalue weighted by molar-refractivity contribution is 5.91. The van der Waals surface area contributed by atoms with Crippen molar-refractivity contribution in [3.8, 4) is 0 Å². The van der Waals surface area contributed by atoms with Crippen LogP contribution < -0.4 is 5.56 Å². The zero-order valence-electron chi connectivity index (χ0n) is 15.4. The molecule has 0 aliphatic rings. The molecule has 0 fully saturated rings. The van der Waals surface area contributed by atoms with Crippen LogP contribution in [0.3, 0.4) is 0 Å². The predicted molar refractivity (Wildman–Crippen MR) is 106 cm³/mol. The van der Waals surface area contributed by atoms with Crippen molar-refractivity contribution in [1.29, 1.82) is 0 Å². The highest BCUT2D eigenvalue weighted by Crippen LogP contribution is 2.17. The number of hydrogen-bond donors (Lipinski definition) is 1. The molecule has 0 bridgehead atoms. The number of benzene rings is 1. The van der Waals surface area contributed by atoms with Gasteiger partial charge in [0.2, 0.25) is 0 Å². The number of H-pyrrole nitrogens is 1. The number of pyridine rings is 2. The minimum atomic E-state index is -0.280. The van der Waals surface area contributed by atoms with Crippen molar-refractivity contribution >= 4 is 16.8 Å². The molecule has 1 N–H and O–H groups in total. The van der Waals surface area contributed by atoms with Crippen LogP contribution in [0.1, 0.15) is 27.2 Å². The maximum atomic E-state index is 12.9. The Morgan fingerprint density at radius 2 is 2.04 bits per heavy atom. The second-order valence-corrected chi connectivity index (χ2v) is 6.71. The fourth-order valence-electron chi connectivity index (χ4n) is 3.15. The van der Waals surface area contributed by atoms with Gasteiger partial charge in [-0.2, -0.15) is 0 Å². The first-order valence-corrected chi connectivity index (χ1v) is 8.94. The molecule has 6 nitrogen and oxygen atoms in total. The zero-order chi connectivity index (χ0) is 19.5. The molecule has 4 aromatic rings. The van der Waals surface area contributed by atoms with Crippen molar-refractivity contribution < 1.29 is 9.21 Å². The third kappa shape index (κ3) is 3.71. The van der Waals surface area contributed by atoms with Crippen LogP contribution in [-0.2, 0) is 13.1 Å². The predicted octanol–water partition coefficient (Wildman–Crippen LogP) is 3.67. The first-order chi connectivity index (χ1) is 13.6. The Labute approximate surface area is 161 Å². The van der Waals surface area contributed by atoms with Gasteiger partial charge in [-0.05, 0) is 53.8 Å². The lowest BCUT2D eigenvalue weighted by Gasteiger charge is -2.21. The largest absolute Gasteiger partial charge is 0.459 e. The monoisotopic (exact) mass is 373 g/mol. The Morgan fingerprint density at radius 3 is 2.79 bits per heavy atom. The van der Waals surface area contributed by atoms with Crippen LogP contribution in [0.25, 0.3) is 10.9 Å². The average molecular weight is 373 g/mol. The second-order valence-electron chi connectivity index (χ2n) is 6.71. The molecule has 1 aromatic carbocycles. The Morgan fingerprint density at radius 1 is 1.14 bits per heavy atom. The molecule has 0 unspecified atom stereocenters. The van der Waals surface area contributed by atoms with E-state index in [0.29, 0.717) is 12.1 Å². The van der Waals surface area contributed by atoms with Crippen LogP contribution in [0, 0.1) is 6.92 Å². The van der Waals surface area contributed by atoms with E-state index in [9.17, 15) is 9.59 Å². The van der Waals surface area contributed by atoms with Crippen LogP contribution in [-0.4, -0.2) is 20.8 Å². The fourth-order valence-corrected chi connectivity index (χ4v) is 3.15. The zero-order valence-corrected chi connectivity index (χ0v) is 15.4. The average Bonchev–Trinajstić information content (AvgIpc) is 3.23. The highest BCUT2D eigenvalue weighted by atomic mass is 16.3. The van der Waals surface area contributed by atoms with Crippen LogP contribution >= 0.6 is 0 Å². The summed E-state index contributed by atoms with van der Waals surface area (Å²) in [7, 11) is 0. The molecule has 0 aliphatic carbocycles. The second kappa shape index (κ2) is 7.52. The van der Waals surface area contributed by atoms with Gasteiger partial charge in [0, 0.05) is 30.0 Å². The minimum absolute atomic E-state index is 0.160. The summed E-state index contributed by atoms with van der Waals surface area (Å²) in [5.74, 6) is -0.0472. The third-order valence-electron chi connectivity index (χ3n) is 4.55. The molecule has 0 atom stereocenters. The molecule has 0 spiro atoms. The summed E-state index contributed by atoms with van der Waals surface area (Å²) in [6, 6.07) is 14.7. The number of carbonyl (C=O) groups excluding carboxylic acids is 1. The van der Waals surface area contributed by atoms with Crippen molar-refractivity contribution in [1.82, 2.24) is 14.9 Å². The molecule has 140 valence electrons. The lowest BCUT2D eigenvalue weighted by molar-refractivity contribution is 0.0697. The summed E-state index contributed by atoms with van der Waals surface area (Å²) in [5.41, 5.74) is 3.03. The van der Waals surface area contributed by atoms with Crippen molar-refractivity contribution in [3.63, 3.8) is 0 Å². The van der Waals surface area contributed by atoms with Gasteiger partial charge in [0.05, 0.1) is 12.8 Å². The third-order valence-corrected chi connectivity index (χ3v) is 4.55. The van der Waals surface area contributed by atoms with Gasteiger partial charge in [0.25, 0.3) is 11.5 Å².